The molecule has 1 saturated heterocycles. The largest absolute Gasteiger partial charge is 0.465 e. The van der Waals surface area contributed by atoms with Crippen molar-refractivity contribution in [1.29, 1.82) is 5.26 Å². The summed E-state index contributed by atoms with van der Waals surface area (Å²) < 4.78 is 4.97. The van der Waals surface area contributed by atoms with Crippen molar-refractivity contribution in [2.75, 3.05) is 39.3 Å². The predicted octanol–water partition coefficient (Wildman–Crippen LogP) is 1.24. The van der Waals surface area contributed by atoms with E-state index in [4.69, 9.17) is 10.00 Å². The maximum absolute atomic E-state index is 11.4. The van der Waals surface area contributed by atoms with Crippen LogP contribution in [0.3, 0.4) is 0 Å². The molecule has 2 rings (SSSR count). The molecule has 0 atom stereocenters. The number of rotatable bonds is 5. The summed E-state index contributed by atoms with van der Waals surface area (Å²) in [5.41, 5.74) is 1.91. The molecular formula is C16H21N3O2. The van der Waals surface area contributed by atoms with E-state index in [1.807, 2.05) is 31.2 Å². The molecular weight excluding hydrogens is 266 g/mol. The molecule has 5 nitrogen and oxygen atoms in total. The standard InChI is InChI=1S/C16H21N3O2/c1-2-21-16(20)13-19-9-7-18(8-10-19)12-15-5-3-14(11-17)4-6-15/h3-6H,2,7-10,12-13H2,1H3. The smallest absolute Gasteiger partial charge is 0.320 e. The van der Waals surface area contributed by atoms with Gasteiger partial charge in [0.1, 0.15) is 0 Å². The molecule has 0 aliphatic carbocycles. The Hall–Kier alpha value is -1.90. The van der Waals surface area contributed by atoms with Gasteiger partial charge in [0.2, 0.25) is 0 Å². The molecule has 0 radical (unpaired) electrons. The van der Waals surface area contributed by atoms with Crippen LogP contribution in [0.2, 0.25) is 0 Å². The molecule has 21 heavy (non-hydrogen) atoms. The van der Waals surface area contributed by atoms with Crippen molar-refractivity contribution in [3.8, 4) is 6.07 Å². The van der Waals surface area contributed by atoms with Crippen LogP contribution in [-0.2, 0) is 16.1 Å². The van der Waals surface area contributed by atoms with Gasteiger partial charge in [-0.25, -0.2) is 0 Å². The Bertz CT molecular complexity index is 499. The lowest BCUT2D eigenvalue weighted by Gasteiger charge is -2.34. The number of hydrogen-bond acceptors (Lipinski definition) is 5. The van der Waals surface area contributed by atoms with Gasteiger partial charge < -0.3 is 4.74 Å². The van der Waals surface area contributed by atoms with E-state index in [2.05, 4.69) is 15.9 Å². The zero-order valence-electron chi connectivity index (χ0n) is 12.4. The normalized spacial score (nSPS) is 16.4. The molecule has 0 spiro atoms. The molecule has 1 fully saturated rings. The second kappa shape index (κ2) is 7.77. The summed E-state index contributed by atoms with van der Waals surface area (Å²) in [7, 11) is 0. The van der Waals surface area contributed by atoms with E-state index in [9.17, 15) is 4.79 Å². The fraction of sp³-hybridized carbons (Fsp3) is 0.500. The quantitative estimate of drug-likeness (QED) is 0.763. The molecule has 1 aliphatic heterocycles. The number of esters is 1. The van der Waals surface area contributed by atoms with Crippen LogP contribution in [0.4, 0.5) is 0 Å². The van der Waals surface area contributed by atoms with Gasteiger partial charge in [-0.1, -0.05) is 12.1 Å². The molecule has 0 N–H and O–H groups in total. The van der Waals surface area contributed by atoms with Gasteiger partial charge in [0.05, 0.1) is 24.8 Å². The first-order valence-corrected chi connectivity index (χ1v) is 7.30. The zero-order chi connectivity index (χ0) is 15.1. The molecule has 0 aromatic heterocycles. The molecule has 1 heterocycles. The summed E-state index contributed by atoms with van der Waals surface area (Å²) in [5.74, 6) is -0.141. The van der Waals surface area contributed by atoms with Crippen molar-refractivity contribution in [2.45, 2.75) is 13.5 Å². The predicted molar refractivity (Wildman–Crippen MR) is 79.5 cm³/mol. The lowest BCUT2D eigenvalue weighted by molar-refractivity contribution is -0.144. The minimum absolute atomic E-state index is 0.141. The number of piperazine rings is 1. The van der Waals surface area contributed by atoms with Crippen LogP contribution in [0.1, 0.15) is 18.1 Å². The second-order valence-corrected chi connectivity index (χ2v) is 5.17. The maximum Gasteiger partial charge on any atom is 0.320 e. The fourth-order valence-electron chi connectivity index (χ4n) is 2.44. The van der Waals surface area contributed by atoms with E-state index in [0.29, 0.717) is 18.7 Å². The lowest BCUT2D eigenvalue weighted by Crippen LogP contribution is -2.47. The number of ether oxygens (including phenoxy) is 1. The number of carbonyl (C=O) groups excluding carboxylic acids is 1. The highest BCUT2D eigenvalue weighted by Crippen LogP contribution is 2.10. The van der Waals surface area contributed by atoms with Crippen LogP contribution in [0.15, 0.2) is 24.3 Å². The van der Waals surface area contributed by atoms with Crippen LogP contribution < -0.4 is 0 Å². The van der Waals surface area contributed by atoms with Crippen molar-refractivity contribution in [1.82, 2.24) is 9.80 Å². The fourth-order valence-corrected chi connectivity index (χ4v) is 2.44. The number of benzene rings is 1. The van der Waals surface area contributed by atoms with Crippen molar-refractivity contribution < 1.29 is 9.53 Å². The van der Waals surface area contributed by atoms with Gasteiger partial charge in [0.15, 0.2) is 0 Å². The first kappa shape index (κ1) is 15.5. The van der Waals surface area contributed by atoms with E-state index in [1.165, 1.54) is 5.56 Å². The van der Waals surface area contributed by atoms with Crippen molar-refractivity contribution in [3.63, 3.8) is 0 Å². The summed E-state index contributed by atoms with van der Waals surface area (Å²) in [6.45, 7) is 7.20. The molecule has 0 amide bonds. The average Bonchev–Trinajstić information content (AvgIpc) is 2.50. The van der Waals surface area contributed by atoms with E-state index in [0.717, 1.165) is 32.7 Å². The molecule has 112 valence electrons. The van der Waals surface area contributed by atoms with Crippen LogP contribution in [0.5, 0.6) is 0 Å². The Labute approximate surface area is 125 Å². The summed E-state index contributed by atoms with van der Waals surface area (Å²) in [6.07, 6.45) is 0. The Balaban J connectivity index is 1.76. The summed E-state index contributed by atoms with van der Waals surface area (Å²) >= 11 is 0. The van der Waals surface area contributed by atoms with E-state index in [-0.39, 0.29) is 5.97 Å². The zero-order valence-corrected chi connectivity index (χ0v) is 12.4. The average molecular weight is 287 g/mol. The van der Waals surface area contributed by atoms with Gasteiger partial charge >= 0.3 is 5.97 Å². The molecule has 0 saturated carbocycles. The van der Waals surface area contributed by atoms with Gasteiger partial charge in [-0.3, -0.25) is 14.6 Å². The summed E-state index contributed by atoms with van der Waals surface area (Å²) in [4.78, 5) is 15.9. The number of nitrogens with zero attached hydrogens (tertiary/aromatic N) is 3. The number of nitriles is 1. The Kier molecular flexibility index (Phi) is 5.73. The highest BCUT2D eigenvalue weighted by Gasteiger charge is 2.19. The molecule has 5 heteroatoms. The van der Waals surface area contributed by atoms with Gasteiger partial charge in [-0.15, -0.1) is 0 Å². The van der Waals surface area contributed by atoms with Gasteiger partial charge in [0, 0.05) is 32.7 Å². The van der Waals surface area contributed by atoms with Gasteiger partial charge in [-0.2, -0.15) is 5.26 Å². The topological polar surface area (TPSA) is 56.6 Å². The highest BCUT2D eigenvalue weighted by molar-refractivity contribution is 5.71. The summed E-state index contributed by atoms with van der Waals surface area (Å²) in [5, 5.41) is 8.79. The Morgan fingerprint density at radius 3 is 2.38 bits per heavy atom. The first-order chi connectivity index (χ1) is 10.2. The van der Waals surface area contributed by atoms with Crippen LogP contribution in [-0.4, -0.2) is 55.1 Å². The third-order valence-corrected chi connectivity index (χ3v) is 3.61. The van der Waals surface area contributed by atoms with Crippen LogP contribution >= 0.6 is 0 Å². The van der Waals surface area contributed by atoms with Crippen molar-refractivity contribution in [2.24, 2.45) is 0 Å². The van der Waals surface area contributed by atoms with E-state index < -0.39 is 0 Å². The van der Waals surface area contributed by atoms with Crippen LogP contribution in [0.25, 0.3) is 0 Å². The lowest BCUT2D eigenvalue weighted by atomic mass is 10.1. The van der Waals surface area contributed by atoms with Gasteiger partial charge in [-0.05, 0) is 24.6 Å². The van der Waals surface area contributed by atoms with Crippen molar-refractivity contribution >= 4 is 5.97 Å². The Morgan fingerprint density at radius 2 is 1.81 bits per heavy atom. The third kappa shape index (κ3) is 4.85. The minimum atomic E-state index is -0.141. The highest BCUT2D eigenvalue weighted by atomic mass is 16.5. The number of carbonyl (C=O) groups is 1. The third-order valence-electron chi connectivity index (χ3n) is 3.61. The molecule has 1 aliphatic rings. The molecule has 0 unspecified atom stereocenters. The molecule has 1 aromatic carbocycles. The number of hydrogen-bond donors (Lipinski definition) is 0. The SMILES string of the molecule is CCOC(=O)CN1CCN(Cc2ccc(C#N)cc2)CC1. The first-order valence-electron chi connectivity index (χ1n) is 7.30. The molecule has 0 bridgehead atoms. The van der Waals surface area contributed by atoms with Crippen LogP contribution in [0, 0.1) is 11.3 Å². The monoisotopic (exact) mass is 287 g/mol. The van der Waals surface area contributed by atoms with Gasteiger partial charge in [0.25, 0.3) is 0 Å². The Morgan fingerprint density at radius 1 is 1.19 bits per heavy atom. The summed E-state index contributed by atoms with van der Waals surface area (Å²) in [6, 6.07) is 9.84. The van der Waals surface area contributed by atoms with Crippen molar-refractivity contribution in [3.05, 3.63) is 35.4 Å². The minimum Gasteiger partial charge on any atom is -0.465 e. The maximum atomic E-state index is 11.4. The van der Waals surface area contributed by atoms with E-state index >= 15 is 0 Å². The van der Waals surface area contributed by atoms with E-state index in [1.54, 1.807) is 0 Å². The molecule has 1 aromatic rings. The second-order valence-electron chi connectivity index (χ2n) is 5.17.